The second kappa shape index (κ2) is 24.4. The van der Waals surface area contributed by atoms with Crippen LogP contribution in [0.1, 0.15) is 165 Å². The van der Waals surface area contributed by atoms with Crippen LogP contribution in [0.25, 0.3) is 0 Å². The van der Waals surface area contributed by atoms with Crippen molar-refractivity contribution >= 4 is 15.9 Å². The molecule has 240 valence electrons. The molecule has 0 aliphatic rings. The molecule has 2 rings (SSSR count). The number of hydrogen-bond acceptors (Lipinski definition) is 2. The molecule has 0 bridgehead atoms. The van der Waals surface area contributed by atoms with Crippen LogP contribution in [-0.4, -0.2) is 13.2 Å². The van der Waals surface area contributed by atoms with Crippen LogP contribution in [0.2, 0.25) is 0 Å². The van der Waals surface area contributed by atoms with E-state index in [2.05, 4.69) is 85.8 Å². The lowest BCUT2D eigenvalue weighted by Gasteiger charge is -2.13. The fraction of sp³-hybridized carbons (Fsp3) is 0.650. The van der Waals surface area contributed by atoms with E-state index in [4.69, 9.17) is 9.47 Å². The van der Waals surface area contributed by atoms with Crippen molar-refractivity contribution in [2.45, 2.75) is 156 Å². The van der Waals surface area contributed by atoms with E-state index in [0.29, 0.717) is 0 Å². The van der Waals surface area contributed by atoms with Gasteiger partial charge in [-0.05, 0) is 65.9 Å². The van der Waals surface area contributed by atoms with Gasteiger partial charge in [-0.25, -0.2) is 0 Å². The molecule has 0 N–H and O–H groups in total. The van der Waals surface area contributed by atoms with Crippen LogP contribution in [0.15, 0.2) is 34.8 Å². The van der Waals surface area contributed by atoms with E-state index in [-0.39, 0.29) is 0 Å². The summed E-state index contributed by atoms with van der Waals surface area (Å²) in [5.74, 6) is 8.53. The Bertz CT molecular complexity index is 1060. The third-order valence-corrected chi connectivity index (χ3v) is 8.89. The number of ether oxygens (including phenoxy) is 2. The van der Waals surface area contributed by atoms with Gasteiger partial charge in [-0.3, -0.25) is 0 Å². The number of halogens is 1. The first-order valence-electron chi connectivity index (χ1n) is 17.7. The Morgan fingerprint density at radius 3 is 1.47 bits per heavy atom. The van der Waals surface area contributed by atoms with Crippen molar-refractivity contribution in [2.75, 3.05) is 13.2 Å². The maximum absolute atomic E-state index is 6.31. The van der Waals surface area contributed by atoms with Gasteiger partial charge in [0.15, 0.2) is 0 Å². The number of aryl methyl sites for hydroxylation is 2. The number of benzene rings is 2. The lowest BCUT2D eigenvalue weighted by molar-refractivity contribution is 0.294. The summed E-state index contributed by atoms with van der Waals surface area (Å²) in [5, 5.41) is 0. The zero-order valence-corrected chi connectivity index (χ0v) is 29.7. The zero-order chi connectivity index (χ0) is 31.0. The first-order valence-corrected chi connectivity index (χ1v) is 18.5. The molecule has 2 aromatic carbocycles. The van der Waals surface area contributed by atoms with Crippen molar-refractivity contribution in [3.8, 4) is 23.3 Å². The Balaban J connectivity index is 1.87. The number of rotatable bonds is 24. The van der Waals surface area contributed by atoms with Gasteiger partial charge in [-0.2, -0.15) is 0 Å². The Hall–Kier alpha value is -1.92. The summed E-state index contributed by atoms with van der Waals surface area (Å²) in [5.41, 5.74) is 4.38. The highest BCUT2D eigenvalue weighted by atomic mass is 79.9. The smallest absolute Gasteiger partial charge is 0.136 e. The molecule has 2 aromatic rings. The average Bonchev–Trinajstić information content (AvgIpc) is 3.00. The van der Waals surface area contributed by atoms with E-state index >= 15 is 0 Å². The van der Waals surface area contributed by atoms with Crippen LogP contribution >= 0.6 is 15.9 Å². The molecule has 0 saturated carbocycles. The zero-order valence-electron chi connectivity index (χ0n) is 28.1. The Morgan fingerprint density at radius 1 is 0.512 bits per heavy atom. The van der Waals surface area contributed by atoms with Crippen LogP contribution < -0.4 is 9.47 Å². The van der Waals surface area contributed by atoms with E-state index in [1.54, 1.807) is 0 Å². The molecule has 43 heavy (non-hydrogen) atoms. The first-order chi connectivity index (χ1) is 21.0. The maximum atomic E-state index is 6.31. The molecule has 0 amide bonds. The molecule has 0 atom stereocenters. The predicted molar refractivity (Wildman–Crippen MR) is 191 cm³/mol. The van der Waals surface area contributed by atoms with Gasteiger partial charge in [0.25, 0.3) is 0 Å². The molecule has 0 aliphatic heterocycles. The molecule has 0 aromatic heterocycles. The third kappa shape index (κ3) is 17.2. The lowest BCUT2D eigenvalue weighted by atomic mass is 10.1. The number of hydrogen-bond donors (Lipinski definition) is 0. The topological polar surface area (TPSA) is 18.5 Å². The van der Waals surface area contributed by atoms with Crippen molar-refractivity contribution in [1.82, 2.24) is 0 Å². The summed E-state index contributed by atoms with van der Waals surface area (Å²) in [7, 11) is 0. The third-order valence-electron chi connectivity index (χ3n) is 8.27. The summed E-state index contributed by atoms with van der Waals surface area (Å²) in [6.07, 6.45) is 26.5. The highest BCUT2D eigenvalue weighted by molar-refractivity contribution is 9.10. The van der Waals surface area contributed by atoms with E-state index in [1.807, 2.05) is 0 Å². The molecule has 3 heteroatoms. The Morgan fingerprint density at radius 2 is 0.953 bits per heavy atom. The van der Waals surface area contributed by atoms with Crippen LogP contribution in [0.5, 0.6) is 11.5 Å². The normalized spacial score (nSPS) is 10.9. The highest BCUT2D eigenvalue weighted by Crippen LogP contribution is 2.33. The molecule has 2 nitrogen and oxygen atoms in total. The van der Waals surface area contributed by atoms with Crippen molar-refractivity contribution < 1.29 is 9.47 Å². The molecule has 0 aliphatic carbocycles. The SMILES string of the molecule is CCCCCCCCCCCCOc1cc(C#Cc2cc(C)ccc2C)c(OCCCCCCCCCCCC)cc1Br. The fourth-order valence-electron chi connectivity index (χ4n) is 5.41. The van der Waals surface area contributed by atoms with Crippen LogP contribution in [-0.2, 0) is 0 Å². The van der Waals surface area contributed by atoms with Gasteiger partial charge in [0, 0.05) is 11.6 Å². The quantitative estimate of drug-likeness (QED) is 0.0829. The molecule has 0 spiro atoms. The van der Waals surface area contributed by atoms with Crippen molar-refractivity contribution in [3.63, 3.8) is 0 Å². The standard InChI is InChI=1S/C40H61BrO2/c1-5-7-9-11-13-15-17-19-21-23-29-42-39-33-38(41)40(43-30-24-22-20-18-16-14-12-10-8-6-2)32-37(39)28-27-36-31-34(3)25-26-35(36)4/h25-26,31-33H,5-24,29-30H2,1-4H3. The fourth-order valence-corrected chi connectivity index (χ4v) is 5.85. The van der Waals surface area contributed by atoms with Crippen LogP contribution in [0, 0.1) is 25.7 Å². The second-order valence-corrected chi connectivity index (χ2v) is 13.3. The average molecular weight is 654 g/mol. The van der Waals surface area contributed by atoms with Gasteiger partial charge in [-0.1, -0.05) is 153 Å². The molecule has 0 saturated heterocycles. The molecule has 0 unspecified atom stereocenters. The van der Waals surface area contributed by atoms with Crippen LogP contribution in [0.3, 0.4) is 0 Å². The van der Waals surface area contributed by atoms with E-state index < -0.39 is 0 Å². The lowest BCUT2D eigenvalue weighted by Crippen LogP contribution is -2.02. The molecule has 0 heterocycles. The molecule has 0 fully saturated rings. The van der Waals surface area contributed by atoms with E-state index in [9.17, 15) is 0 Å². The van der Waals surface area contributed by atoms with Gasteiger partial charge in [0.1, 0.15) is 11.5 Å². The first kappa shape index (κ1) is 37.3. The van der Waals surface area contributed by atoms with Gasteiger partial charge in [-0.15, -0.1) is 0 Å². The molecular formula is C40H61BrO2. The van der Waals surface area contributed by atoms with Gasteiger partial charge in [0.05, 0.1) is 23.2 Å². The van der Waals surface area contributed by atoms with Gasteiger partial charge >= 0.3 is 0 Å². The second-order valence-electron chi connectivity index (χ2n) is 12.4. The van der Waals surface area contributed by atoms with E-state index in [0.717, 1.165) is 53.2 Å². The maximum Gasteiger partial charge on any atom is 0.136 e. The monoisotopic (exact) mass is 652 g/mol. The predicted octanol–water partition coefficient (Wildman–Crippen LogP) is 13.1. The van der Waals surface area contributed by atoms with Crippen molar-refractivity contribution in [3.05, 3.63) is 57.1 Å². The summed E-state index contributed by atoms with van der Waals surface area (Å²) >= 11 is 3.75. The van der Waals surface area contributed by atoms with Crippen molar-refractivity contribution in [1.29, 1.82) is 0 Å². The molecule has 0 radical (unpaired) electrons. The minimum Gasteiger partial charge on any atom is -0.492 e. The minimum absolute atomic E-state index is 0.722. The minimum atomic E-state index is 0.722. The number of unbranched alkanes of at least 4 members (excludes halogenated alkanes) is 18. The summed E-state index contributed by atoms with van der Waals surface area (Å²) in [6, 6.07) is 10.6. The van der Waals surface area contributed by atoms with Gasteiger partial charge in [0.2, 0.25) is 0 Å². The Labute approximate surface area is 274 Å². The van der Waals surface area contributed by atoms with Crippen molar-refractivity contribution in [2.24, 2.45) is 0 Å². The highest BCUT2D eigenvalue weighted by Gasteiger charge is 2.10. The summed E-state index contributed by atoms with van der Waals surface area (Å²) in [6.45, 7) is 10.3. The van der Waals surface area contributed by atoms with E-state index in [1.165, 1.54) is 127 Å². The van der Waals surface area contributed by atoms with Gasteiger partial charge < -0.3 is 9.47 Å². The molecular weight excluding hydrogens is 592 g/mol. The Kier molecular flexibility index (Phi) is 21.2. The summed E-state index contributed by atoms with van der Waals surface area (Å²) < 4.78 is 13.5. The van der Waals surface area contributed by atoms with Crippen LogP contribution in [0.4, 0.5) is 0 Å². The largest absolute Gasteiger partial charge is 0.492 e. The summed E-state index contributed by atoms with van der Waals surface area (Å²) in [4.78, 5) is 0.